The third-order valence-electron chi connectivity index (χ3n) is 12.2. The number of rotatable bonds is 7. The van der Waals surface area contributed by atoms with Crippen LogP contribution in [0.1, 0.15) is 0 Å². The average molecular weight is 779 g/mol. The Bertz CT molecular complexity index is 3400. The zero-order chi connectivity index (χ0) is 40.3. The Kier molecular flexibility index (Phi) is 8.17. The van der Waals surface area contributed by atoms with E-state index in [9.17, 15) is 0 Å². The minimum absolute atomic E-state index is 0.850. The van der Waals surface area contributed by atoms with Gasteiger partial charge in [0.2, 0.25) is 0 Å². The number of hydrogen-bond acceptors (Lipinski definition) is 3. The number of fused-ring (bicyclic) bond motifs is 7. The highest BCUT2D eigenvalue weighted by Crippen LogP contribution is 2.52. The molecule has 0 saturated heterocycles. The highest BCUT2D eigenvalue weighted by atomic mass is 16.5. The van der Waals surface area contributed by atoms with E-state index in [0.29, 0.717) is 0 Å². The predicted molar refractivity (Wildman–Crippen MR) is 257 cm³/mol. The number of hydrogen-bond donors (Lipinski definition) is 0. The molecular formula is C58H38N2O. The van der Waals surface area contributed by atoms with E-state index in [-0.39, 0.29) is 0 Å². The fourth-order valence-corrected chi connectivity index (χ4v) is 9.37. The van der Waals surface area contributed by atoms with E-state index >= 15 is 0 Å². The summed E-state index contributed by atoms with van der Waals surface area (Å²) in [6.45, 7) is 0. The van der Waals surface area contributed by atoms with Crippen molar-refractivity contribution < 1.29 is 4.74 Å². The molecule has 0 unspecified atom stereocenters. The second-order valence-electron chi connectivity index (χ2n) is 15.7. The van der Waals surface area contributed by atoms with Crippen LogP contribution in [-0.2, 0) is 0 Å². The Morgan fingerprint density at radius 1 is 0.262 bits per heavy atom. The predicted octanol–water partition coefficient (Wildman–Crippen LogP) is 16.7. The van der Waals surface area contributed by atoms with E-state index in [4.69, 9.17) is 4.74 Å². The van der Waals surface area contributed by atoms with Crippen LogP contribution in [0, 0.1) is 0 Å². The van der Waals surface area contributed by atoms with Crippen LogP contribution in [0.2, 0.25) is 0 Å². The maximum atomic E-state index is 6.86. The minimum atomic E-state index is 0.850. The van der Waals surface area contributed by atoms with Gasteiger partial charge in [0, 0.05) is 51.1 Å². The molecule has 1 aliphatic heterocycles. The number of nitrogens with zero attached hydrogens (tertiary/aromatic N) is 2. The highest BCUT2D eigenvalue weighted by Gasteiger charge is 2.25. The van der Waals surface area contributed by atoms with E-state index in [1.807, 2.05) is 0 Å². The number of anilines is 6. The molecule has 1 aliphatic rings. The van der Waals surface area contributed by atoms with Gasteiger partial charge in [-0.3, -0.25) is 0 Å². The summed E-state index contributed by atoms with van der Waals surface area (Å²) in [6.07, 6.45) is 0. The molecule has 0 radical (unpaired) electrons. The first-order valence-corrected chi connectivity index (χ1v) is 20.8. The molecule has 3 nitrogen and oxygen atoms in total. The summed E-state index contributed by atoms with van der Waals surface area (Å²) < 4.78 is 6.86. The van der Waals surface area contributed by atoms with Gasteiger partial charge in [0.1, 0.15) is 11.5 Å². The summed E-state index contributed by atoms with van der Waals surface area (Å²) in [4.78, 5) is 4.62. The van der Waals surface area contributed by atoms with Crippen molar-refractivity contribution in [1.82, 2.24) is 0 Å². The van der Waals surface area contributed by atoms with Crippen LogP contribution in [0.4, 0.5) is 34.1 Å². The van der Waals surface area contributed by atoms with Gasteiger partial charge in [-0.2, -0.15) is 0 Å². The summed E-state index contributed by atoms with van der Waals surface area (Å²) in [7, 11) is 0. The summed E-state index contributed by atoms with van der Waals surface area (Å²) in [5, 5.41) is 9.67. The van der Waals surface area contributed by atoms with Gasteiger partial charge in [-0.25, -0.2) is 0 Å². The van der Waals surface area contributed by atoms with Gasteiger partial charge in [0.15, 0.2) is 0 Å². The van der Waals surface area contributed by atoms with Gasteiger partial charge in [0.05, 0.1) is 0 Å². The van der Waals surface area contributed by atoms with Crippen molar-refractivity contribution in [1.29, 1.82) is 0 Å². The van der Waals surface area contributed by atoms with Crippen LogP contribution in [-0.4, -0.2) is 0 Å². The Morgan fingerprint density at radius 2 is 0.770 bits per heavy atom. The maximum absolute atomic E-state index is 6.86. The van der Waals surface area contributed by atoms with Crippen molar-refractivity contribution in [2.45, 2.75) is 0 Å². The number of benzene rings is 11. The summed E-state index contributed by atoms with van der Waals surface area (Å²) >= 11 is 0. The molecule has 3 heteroatoms. The van der Waals surface area contributed by atoms with Gasteiger partial charge in [-0.1, -0.05) is 133 Å². The molecule has 0 bridgehead atoms. The van der Waals surface area contributed by atoms with Crippen LogP contribution >= 0.6 is 0 Å². The van der Waals surface area contributed by atoms with Crippen LogP contribution in [0.15, 0.2) is 231 Å². The normalized spacial score (nSPS) is 11.7. The lowest BCUT2D eigenvalue weighted by molar-refractivity contribution is 0.487. The van der Waals surface area contributed by atoms with Gasteiger partial charge in [-0.15, -0.1) is 0 Å². The molecule has 11 aromatic rings. The van der Waals surface area contributed by atoms with Gasteiger partial charge in [0.25, 0.3) is 0 Å². The third kappa shape index (κ3) is 5.90. The minimum Gasteiger partial charge on any atom is -0.456 e. The van der Waals surface area contributed by atoms with Crippen LogP contribution in [0.3, 0.4) is 0 Å². The fraction of sp³-hybridized carbons (Fsp3) is 0. The van der Waals surface area contributed by atoms with Gasteiger partial charge < -0.3 is 14.5 Å². The smallest absolute Gasteiger partial charge is 0.137 e. The lowest BCUT2D eigenvalue weighted by Gasteiger charge is -2.28. The molecule has 0 spiro atoms. The summed E-state index contributed by atoms with van der Waals surface area (Å²) in [5.74, 6) is 1.72. The Labute approximate surface area is 354 Å². The fourth-order valence-electron chi connectivity index (χ4n) is 9.37. The SMILES string of the molecule is c1ccc(N(c2ccccc2)c2ccc3c(c2)Oc2cccc4c2c-3cc2c3ccccc3c(-c3ccc(N(c5ccccc5)c5ccc6ccccc6c5)cc3)cc42)cc1. The summed E-state index contributed by atoms with van der Waals surface area (Å²) in [5.41, 5.74) is 11.2. The van der Waals surface area contributed by atoms with Crippen LogP contribution in [0.5, 0.6) is 11.5 Å². The lowest BCUT2D eigenvalue weighted by Crippen LogP contribution is -2.10. The molecule has 0 fully saturated rings. The molecule has 0 amide bonds. The number of ether oxygens (including phenoxy) is 1. The Morgan fingerprint density at radius 3 is 1.46 bits per heavy atom. The van der Waals surface area contributed by atoms with Crippen molar-refractivity contribution in [3.05, 3.63) is 231 Å². The monoisotopic (exact) mass is 778 g/mol. The van der Waals surface area contributed by atoms with E-state index < -0.39 is 0 Å². The summed E-state index contributed by atoms with van der Waals surface area (Å²) in [6, 6.07) is 82.7. The highest BCUT2D eigenvalue weighted by molar-refractivity contribution is 6.25. The molecule has 286 valence electrons. The Hall–Kier alpha value is -8.14. The molecular weight excluding hydrogens is 741 g/mol. The van der Waals surface area contributed by atoms with Crippen molar-refractivity contribution >= 4 is 77.2 Å². The van der Waals surface area contributed by atoms with Crippen molar-refractivity contribution in [3.63, 3.8) is 0 Å². The molecule has 61 heavy (non-hydrogen) atoms. The third-order valence-corrected chi connectivity index (χ3v) is 12.2. The van der Waals surface area contributed by atoms with Crippen molar-refractivity contribution in [3.8, 4) is 33.8 Å². The van der Waals surface area contributed by atoms with E-state index in [1.165, 1.54) is 54.4 Å². The van der Waals surface area contributed by atoms with Crippen molar-refractivity contribution in [2.75, 3.05) is 9.80 Å². The molecule has 1 heterocycles. The van der Waals surface area contributed by atoms with Crippen LogP contribution < -0.4 is 14.5 Å². The molecule has 0 atom stereocenters. The van der Waals surface area contributed by atoms with Gasteiger partial charge >= 0.3 is 0 Å². The first-order valence-electron chi connectivity index (χ1n) is 20.8. The average Bonchev–Trinajstić information content (AvgIpc) is 3.33. The second-order valence-corrected chi connectivity index (χ2v) is 15.7. The topological polar surface area (TPSA) is 15.7 Å². The van der Waals surface area contributed by atoms with Crippen LogP contribution in [0.25, 0.3) is 65.3 Å². The molecule has 0 N–H and O–H groups in total. The van der Waals surface area contributed by atoms with E-state index in [0.717, 1.165) is 56.6 Å². The zero-order valence-corrected chi connectivity index (χ0v) is 33.2. The first kappa shape index (κ1) is 34.9. The molecule has 0 saturated carbocycles. The second kappa shape index (κ2) is 14.3. The van der Waals surface area contributed by atoms with Gasteiger partial charge in [-0.05, 0) is 145 Å². The molecule has 11 aromatic carbocycles. The van der Waals surface area contributed by atoms with E-state index in [1.54, 1.807) is 0 Å². The molecule has 0 aromatic heterocycles. The maximum Gasteiger partial charge on any atom is 0.137 e. The number of para-hydroxylation sites is 3. The van der Waals surface area contributed by atoms with Crippen molar-refractivity contribution in [2.24, 2.45) is 0 Å². The standard InChI is InChI=1S/C58H38N2O/c1-4-17-42(18-5-1)59(43-19-6-2-7-20-43)47-33-34-50-55-38-53-49-24-13-12-23-48(49)52(37-54(53)51-25-14-26-56(58(51)55)61-57(50)36-47)40-28-30-45(31-29-40)60(44-21-8-3-9-22-44)46-32-27-39-15-10-11-16-41(39)35-46/h1-38H. The molecule has 0 aliphatic carbocycles. The van der Waals surface area contributed by atoms with E-state index in [2.05, 4.69) is 240 Å². The molecule has 12 rings (SSSR count). The lowest BCUT2D eigenvalue weighted by atomic mass is 9.86. The quantitative estimate of drug-likeness (QED) is 0.150. The Balaban J connectivity index is 0.988. The first-order chi connectivity index (χ1) is 30.2. The zero-order valence-electron chi connectivity index (χ0n) is 33.2. The largest absolute Gasteiger partial charge is 0.456 e.